The minimum atomic E-state index is 0.259. The normalized spacial score (nSPS) is 11.0. The van der Waals surface area contributed by atoms with Crippen molar-refractivity contribution in [2.24, 2.45) is 0 Å². The van der Waals surface area contributed by atoms with Gasteiger partial charge in [0.2, 0.25) is 0 Å². The molecule has 0 nitrogen and oxygen atoms in total. The number of fused-ring (bicyclic) bond motifs is 1. The molecule has 0 bridgehead atoms. The summed E-state index contributed by atoms with van der Waals surface area (Å²) in [6.45, 7) is 0. The zero-order chi connectivity index (χ0) is 15.6. The minimum absolute atomic E-state index is 0.259. The monoisotopic (exact) mass is 400 g/mol. The van der Waals surface area contributed by atoms with Crippen molar-refractivity contribution in [2.75, 3.05) is 0 Å². The molecule has 0 amide bonds. The van der Waals surface area contributed by atoms with E-state index in [1.165, 1.54) is 29.5 Å². The molecule has 3 heteroatoms. The van der Waals surface area contributed by atoms with Crippen LogP contribution in [-0.2, 0) is 0 Å². The molecule has 1 aromatic heterocycles. The van der Waals surface area contributed by atoms with Gasteiger partial charge in [-0.15, -0.1) is 0 Å². The fourth-order valence-electron chi connectivity index (χ4n) is 2.52. The van der Waals surface area contributed by atoms with Crippen LogP contribution in [-0.4, -0.2) is 15.0 Å². The number of halogens is 1. The summed E-state index contributed by atoms with van der Waals surface area (Å²) >= 11 is 8.17. The molecule has 3 aromatic carbocycles. The number of hydrogen-bond acceptors (Lipinski definition) is 1. The van der Waals surface area contributed by atoms with Crippen LogP contribution in [0, 0.1) is 0 Å². The van der Waals surface area contributed by atoms with Gasteiger partial charge < -0.3 is 0 Å². The fourth-order valence-corrected chi connectivity index (χ4v) is 6.49. The predicted molar refractivity (Wildman–Crippen MR) is 104 cm³/mol. The Bertz CT molecular complexity index is 942. The molecule has 4 rings (SSSR count). The Balaban J connectivity index is 1.87. The van der Waals surface area contributed by atoms with Crippen molar-refractivity contribution in [1.82, 2.24) is 0 Å². The van der Waals surface area contributed by atoms with Gasteiger partial charge in [-0.1, -0.05) is 0 Å². The molecule has 0 aliphatic rings. The zero-order valence-electron chi connectivity index (χ0n) is 12.2. The molecule has 0 aliphatic carbocycles. The van der Waals surface area contributed by atoms with Crippen molar-refractivity contribution >= 4 is 56.9 Å². The van der Waals surface area contributed by atoms with E-state index in [-0.39, 0.29) is 15.0 Å². The molecule has 1 heterocycles. The van der Waals surface area contributed by atoms with Gasteiger partial charge in [0.25, 0.3) is 0 Å². The summed E-state index contributed by atoms with van der Waals surface area (Å²) < 4.78 is 4.17. The molecule has 0 atom stereocenters. The Labute approximate surface area is 150 Å². The van der Waals surface area contributed by atoms with Gasteiger partial charge in [0.15, 0.2) is 0 Å². The second-order valence-electron chi connectivity index (χ2n) is 5.18. The quantitative estimate of drug-likeness (QED) is 0.431. The van der Waals surface area contributed by atoms with E-state index in [1.807, 2.05) is 23.5 Å². The molecule has 112 valence electrons. The Kier molecular flexibility index (Phi) is 4.24. The third-order valence-electron chi connectivity index (χ3n) is 3.62. The summed E-state index contributed by atoms with van der Waals surface area (Å²) in [5, 5.41) is 2.18. The van der Waals surface area contributed by atoms with Gasteiger partial charge in [-0.3, -0.25) is 0 Å². The van der Waals surface area contributed by atoms with Gasteiger partial charge in [0, 0.05) is 0 Å². The molecular weight excluding hydrogens is 387 g/mol. The van der Waals surface area contributed by atoms with Crippen LogP contribution in [0.15, 0.2) is 78.9 Å². The van der Waals surface area contributed by atoms with Crippen molar-refractivity contribution in [3.8, 4) is 10.4 Å². The Morgan fingerprint density at radius 2 is 1.43 bits per heavy atom. The molecule has 0 fully saturated rings. The van der Waals surface area contributed by atoms with Gasteiger partial charge in [0.1, 0.15) is 0 Å². The average Bonchev–Trinajstić information content (AvgIpc) is 2.96. The van der Waals surface area contributed by atoms with Gasteiger partial charge in [-0.2, -0.15) is 0 Å². The molecule has 0 N–H and O–H groups in total. The molecule has 0 saturated carbocycles. The van der Waals surface area contributed by atoms with E-state index < -0.39 is 0 Å². The Hall–Kier alpha value is -1.57. The first-order valence-corrected chi connectivity index (χ1v) is 10.2. The zero-order valence-corrected chi connectivity index (χ0v) is 15.5. The fraction of sp³-hybridized carbons (Fsp3) is 0. The Morgan fingerprint density at radius 1 is 0.739 bits per heavy atom. The second-order valence-corrected chi connectivity index (χ2v) is 8.94. The first-order chi connectivity index (χ1) is 11.3. The molecule has 0 spiro atoms. The van der Waals surface area contributed by atoms with Gasteiger partial charge >= 0.3 is 151 Å². The molecule has 4 aromatic rings. The van der Waals surface area contributed by atoms with Crippen LogP contribution < -0.4 is 8.92 Å². The van der Waals surface area contributed by atoms with Crippen LogP contribution in [0.4, 0.5) is 0 Å². The van der Waals surface area contributed by atoms with Crippen LogP contribution in [0.25, 0.3) is 20.5 Å². The van der Waals surface area contributed by atoms with E-state index >= 15 is 0 Å². The van der Waals surface area contributed by atoms with Gasteiger partial charge in [-0.05, 0) is 0 Å². The number of benzene rings is 3. The summed E-state index contributed by atoms with van der Waals surface area (Å²) in [4.78, 5) is 1.39. The number of thiophene rings is 1. The van der Waals surface area contributed by atoms with Crippen LogP contribution >= 0.6 is 22.9 Å². The van der Waals surface area contributed by atoms with Crippen molar-refractivity contribution in [2.45, 2.75) is 0 Å². The summed E-state index contributed by atoms with van der Waals surface area (Å²) in [6.07, 6.45) is 0. The van der Waals surface area contributed by atoms with Crippen molar-refractivity contribution in [3.05, 3.63) is 83.9 Å². The first-order valence-electron chi connectivity index (χ1n) is 7.31. The SMILES string of the molecule is Clc1ccc([Se]c2c(-c3ccccc3)sc3ccccc23)cc1. The predicted octanol–water partition coefficient (Wildman–Crippen LogP) is 4.88. The van der Waals surface area contributed by atoms with E-state index in [9.17, 15) is 0 Å². The third-order valence-corrected chi connectivity index (χ3v) is 7.77. The van der Waals surface area contributed by atoms with Crippen LogP contribution in [0.2, 0.25) is 5.02 Å². The molecule has 0 aliphatic heterocycles. The summed E-state index contributed by atoms with van der Waals surface area (Å²) in [7, 11) is 0. The van der Waals surface area contributed by atoms with E-state index in [4.69, 9.17) is 11.6 Å². The van der Waals surface area contributed by atoms with Crippen molar-refractivity contribution in [1.29, 1.82) is 0 Å². The number of rotatable bonds is 3. The first kappa shape index (κ1) is 15.0. The van der Waals surface area contributed by atoms with E-state index in [1.54, 1.807) is 0 Å². The van der Waals surface area contributed by atoms with Crippen molar-refractivity contribution < 1.29 is 0 Å². The van der Waals surface area contributed by atoms with Gasteiger partial charge in [-0.25, -0.2) is 0 Å². The van der Waals surface area contributed by atoms with Crippen LogP contribution in [0.5, 0.6) is 0 Å². The average molecular weight is 400 g/mol. The van der Waals surface area contributed by atoms with E-state index in [0.717, 1.165) is 5.02 Å². The molecular formula is C20H13ClSSe. The molecule has 0 radical (unpaired) electrons. The van der Waals surface area contributed by atoms with Crippen molar-refractivity contribution in [3.63, 3.8) is 0 Å². The topological polar surface area (TPSA) is 0 Å². The maximum absolute atomic E-state index is 6.02. The van der Waals surface area contributed by atoms with Gasteiger partial charge in [0.05, 0.1) is 0 Å². The molecule has 0 saturated heterocycles. The maximum atomic E-state index is 6.02. The summed E-state index contributed by atoms with van der Waals surface area (Å²) in [6, 6.07) is 27.6. The van der Waals surface area contributed by atoms with Crippen LogP contribution in [0.3, 0.4) is 0 Å². The standard InChI is InChI=1S/C20H13ClSSe/c21-15-10-12-16(13-11-15)23-20-17-8-4-5-9-18(17)22-19(20)14-6-2-1-3-7-14/h1-13H. The number of hydrogen-bond donors (Lipinski definition) is 0. The Morgan fingerprint density at radius 3 is 2.22 bits per heavy atom. The summed E-state index contributed by atoms with van der Waals surface area (Å²) in [5.41, 5.74) is 1.31. The summed E-state index contributed by atoms with van der Waals surface area (Å²) in [5.74, 6) is 0. The second kappa shape index (κ2) is 6.51. The van der Waals surface area contributed by atoms with Crippen LogP contribution in [0.1, 0.15) is 0 Å². The molecule has 0 unspecified atom stereocenters. The molecule has 23 heavy (non-hydrogen) atoms. The van der Waals surface area contributed by atoms with E-state index in [2.05, 4.69) is 66.7 Å². The third kappa shape index (κ3) is 3.08. The van der Waals surface area contributed by atoms with E-state index in [0.29, 0.717) is 0 Å².